The van der Waals surface area contributed by atoms with Crippen LogP contribution in [0.15, 0.2) is 48.6 Å². The zero-order chi connectivity index (χ0) is 32.4. The lowest BCUT2D eigenvalue weighted by molar-refractivity contribution is 0.0455. The van der Waals surface area contributed by atoms with Crippen molar-refractivity contribution in [2.24, 2.45) is 22.9 Å². The number of ether oxygens (including phenoxy) is 2. The van der Waals surface area contributed by atoms with Crippen molar-refractivity contribution in [2.75, 3.05) is 38.3 Å². The highest BCUT2D eigenvalue weighted by molar-refractivity contribution is 7.89. The number of carbonyl (C=O) groups is 1. The van der Waals surface area contributed by atoms with Gasteiger partial charge in [0, 0.05) is 37.2 Å². The monoisotopic (exact) mass is 660 g/mol. The summed E-state index contributed by atoms with van der Waals surface area (Å²) in [5.74, 6) is -0.329. The van der Waals surface area contributed by atoms with E-state index in [4.69, 9.17) is 26.2 Å². The van der Waals surface area contributed by atoms with E-state index in [2.05, 4.69) is 17.0 Å². The molecule has 5 rings (SSSR count). The molecule has 1 aliphatic heterocycles. The van der Waals surface area contributed by atoms with Crippen LogP contribution in [-0.4, -0.2) is 69.4 Å². The molecule has 0 amide bonds. The van der Waals surface area contributed by atoms with Gasteiger partial charge in [-0.2, -0.15) is 0 Å². The molecule has 2 aliphatic carbocycles. The Hall–Kier alpha value is -2.63. The Balaban J connectivity index is 1.35. The lowest BCUT2D eigenvalue weighted by atomic mass is 9.68. The normalized spacial score (nSPS) is 25.0. The summed E-state index contributed by atoms with van der Waals surface area (Å²) < 4.78 is 35.8. The number of nitrogens with two attached hydrogens (primary N) is 1. The number of halogens is 1. The van der Waals surface area contributed by atoms with Crippen molar-refractivity contribution >= 4 is 33.3 Å². The molecule has 0 bridgehead atoms. The van der Waals surface area contributed by atoms with Crippen LogP contribution in [0.5, 0.6) is 5.75 Å². The van der Waals surface area contributed by atoms with Gasteiger partial charge in [0.25, 0.3) is 0 Å². The first kappa shape index (κ1) is 33.7. The van der Waals surface area contributed by atoms with Crippen LogP contribution in [0.1, 0.15) is 66.9 Å². The maximum atomic E-state index is 12.1. The van der Waals surface area contributed by atoms with Gasteiger partial charge in [-0.15, -0.1) is 0 Å². The third kappa shape index (κ3) is 7.52. The third-order valence-corrected chi connectivity index (χ3v) is 11.9. The molecule has 2 aromatic carbocycles. The van der Waals surface area contributed by atoms with Crippen molar-refractivity contribution < 1.29 is 32.9 Å². The number of carboxylic acid groups (broad SMARTS) is 1. The molecule has 0 aromatic heterocycles. The number of aliphatic hydroxyl groups excluding tert-OH is 1. The maximum Gasteiger partial charge on any atom is 0.335 e. The highest BCUT2D eigenvalue weighted by Gasteiger charge is 2.44. The van der Waals surface area contributed by atoms with Gasteiger partial charge >= 0.3 is 5.97 Å². The predicted molar refractivity (Wildman–Crippen MR) is 176 cm³/mol. The topological polar surface area (TPSA) is 139 Å². The largest absolute Gasteiger partial charge is 0.490 e. The number of carboxylic acids is 1. The summed E-state index contributed by atoms with van der Waals surface area (Å²) in [7, 11) is -2.20. The van der Waals surface area contributed by atoms with Crippen molar-refractivity contribution in [1.82, 2.24) is 0 Å². The van der Waals surface area contributed by atoms with Crippen LogP contribution in [0.4, 0.5) is 5.69 Å². The molecule has 2 aromatic rings. The van der Waals surface area contributed by atoms with Gasteiger partial charge in [-0.05, 0) is 104 Å². The number of nitrogens with zero attached hydrogens (tertiary/aromatic N) is 1. The average molecular weight is 661 g/mol. The van der Waals surface area contributed by atoms with Crippen molar-refractivity contribution in [2.45, 2.75) is 68.6 Å². The second-order valence-corrected chi connectivity index (χ2v) is 15.4. The molecule has 0 radical (unpaired) electrons. The van der Waals surface area contributed by atoms with Crippen molar-refractivity contribution in [3.05, 3.63) is 70.3 Å². The Morgan fingerprint density at radius 2 is 2.07 bits per heavy atom. The molecule has 45 heavy (non-hydrogen) atoms. The number of sulfonamides is 1. The number of primary sulfonamides is 1. The highest BCUT2D eigenvalue weighted by atomic mass is 35.5. The molecule has 9 nitrogen and oxygen atoms in total. The third-order valence-electron chi connectivity index (χ3n) is 10.2. The number of anilines is 1. The number of rotatable bonds is 12. The summed E-state index contributed by atoms with van der Waals surface area (Å²) in [6.45, 7) is 3.96. The van der Waals surface area contributed by atoms with Crippen LogP contribution in [-0.2, 0) is 26.6 Å². The molecule has 0 unspecified atom stereocenters. The summed E-state index contributed by atoms with van der Waals surface area (Å²) >= 11 is 6.37. The van der Waals surface area contributed by atoms with E-state index in [9.17, 15) is 23.4 Å². The summed E-state index contributed by atoms with van der Waals surface area (Å²) in [5.41, 5.74) is 3.16. The first-order valence-electron chi connectivity index (χ1n) is 15.8. The molecule has 11 heteroatoms. The lowest BCUT2D eigenvalue weighted by Crippen LogP contribution is -2.49. The van der Waals surface area contributed by atoms with E-state index in [1.165, 1.54) is 18.2 Å². The van der Waals surface area contributed by atoms with Crippen LogP contribution >= 0.6 is 11.6 Å². The fraction of sp³-hybridized carbons (Fsp3) is 0.559. The lowest BCUT2D eigenvalue weighted by Gasteiger charge is -2.45. The molecule has 1 saturated carbocycles. The van der Waals surface area contributed by atoms with Gasteiger partial charge < -0.3 is 24.6 Å². The zero-order valence-corrected chi connectivity index (χ0v) is 27.6. The number of aromatic carboxylic acids is 1. The van der Waals surface area contributed by atoms with Crippen molar-refractivity contribution in [3.8, 4) is 5.75 Å². The molecule has 4 N–H and O–H groups in total. The smallest absolute Gasteiger partial charge is 0.335 e. The highest BCUT2D eigenvalue weighted by Crippen LogP contribution is 2.46. The Morgan fingerprint density at radius 1 is 1.27 bits per heavy atom. The van der Waals surface area contributed by atoms with Crippen molar-refractivity contribution in [1.29, 1.82) is 0 Å². The van der Waals surface area contributed by atoms with E-state index < -0.39 is 27.3 Å². The Labute approximate surface area is 271 Å². The Morgan fingerprint density at radius 3 is 2.76 bits per heavy atom. The maximum absolute atomic E-state index is 12.1. The van der Waals surface area contributed by atoms with Gasteiger partial charge in [0.1, 0.15) is 5.75 Å². The van der Waals surface area contributed by atoms with Gasteiger partial charge in [0.2, 0.25) is 10.0 Å². The minimum absolute atomic E-state index is 0.0303. The number of aryl methyl sites for hydroxylation is 1. The molecular formula is C34H45ClN2O7S. The number of methoxy groups -OCH3 is 1. The Bertz CT molecular complexity index is 1520. The SMILES string of the molecule is COCC[C@H]([C@@H](C)C/C=C/[C@H](O)[C@@H]1CC[C@H]1CN1C[C@@]2(CCCc3cc(Cl)ccc32)COc2ccc(C(=O)O)cc21)S(N)(=O)=O. The van der Waals surface area contributed by atoms with E-state index in [1.807, 2.05) is 19.1 Å². The van der Waals surface area contributed by atoms with Gasteiger partial charge in [-0.3, -0.25) is 0 Å². The molecule has 6 atom stereocenters. The number of fused-ring (bicyclic) bond motifs is 3. The van der Waals surface area contributed by atoms with E-state index in [0.717, 1.165) is 42.8 Å². The second kappa shape index (κ2) is 14.0. The van der Waals surface area contributed by atoms with Crippen LogP contribution in [0.3, 0.4) is 0 Å². The van der Waals surface area contributed by atoms with Crippen LogP contribution in [0.25, 0.3) is 0 Å². The van der Waals surface area contributed by atoms with Crippen LogP contribution in [0, 0.1) is 17.8 Å². The van der Waals surface area contributed by atoms with Gasteiger partial charge in [0.15, 0.2) is 0 Å². The fourth-order valence-electron chi connectivity index (χ4n) is 7.54. The number of allylic oxidation sites excluding steroid dienone is 1. The van der Waals surface area contributed by atoms with E-state index in [-0.39, 0.29) is 28.7 Å². The zero-order valence-electron chi connectivity index (χ0n) is 26.0. The molecule has 1 fully saturated rings. The van der Waals surface area contributed by atoms with Gasteiger partial charge in [-0.25, -0.2) is 18.4 Å². The fourth-order valence-corrected chi connectivity index (χ4v) is 8.91. The number of aliphatic hydroxyl groups is 1. The predicted octanol–water partition coefficient (Wildman–Crippen LogP) is 5.17. The molecule has 0 saturated heterocycles. The molecule has 3 aliphatic rings. The molecule has 1 spiro atoms. The van der Waals surface area contributed by atoms with Crippen LogP contribution in [0.2, 0.25) is 5.02 Å². The molecular weight excluding hydrogens is 616 g/mol. The average Bonchev–Trinajstić information content (AvgIpc) is 3.11. The molecule has 1 heterocycles. The minimum Gasteiger partial charge on any atom is -0.490 e. The second-order valence-electron chi connectivity index (χ2n) is 13.1. The number of hydrogen-bond acceptors (Lipinski definition) is 7. The van der Waals surface area contributed by atoms with E-state index in [1.54, 1.807) is 24.3 Å². The van der Waals surface area contributed by atoms with E-state index >= 15 is 0 Å². The quantitative estimate of drug-likeness (QED) is 0.265. The van der Waals surface area contributed by atoms with E-state index in [0.29, 0.717) is 44.9 Å². The van der Waals surface area contributed by atoms with Gasteiger partial charge in [0.05, 0.1) is 29.2 Å². The van der Waals surface area contributed by atoms with Crippen molar-refractivity contribution in [3.63, 3.8) is 0 Å². The van der Waals surface area contributed by atoms with Gasteiger partial charge in [-0.1, -0.05) is 36.7 Å². The summed E-state index contributed by atoms with van der Waals surface area (Å²) in [6, 6.07) is 11.2. The minimum atomic E-state index is -3.73. The number of hydrogen-bond donors (Lipinski definition) is 3. The number of benzene rings is 2. The Kier molecular flexibility index (Phi) is 10.5. The summed E-state index contributed by atoms with van der Waals surface area (Å²) in [6.07, 6.45) is 8.49. The first-order valence-corrected chi connectivity index (χ1v) is 17.8. The summed E-state index contributed by atoms with van der Waals surface area (Å²) in [5, 5.41) is 26.5. The summed E-state index contributed by atoms with van der Waals surface area (Å²) in [4.78, 5) is 14.2. The first-order chi connectivity index (χ1) is 21.4. The standard InChI is InChI=1S/C34H45ClN2O7S/c1-22(32(14-16-43-2)45(36,41)42)5-3-7-30(38)27-11-8-25(27)19-37-20-34(15-4-6-23-17-26(35)10-12-28(23)34)21-44-31-13-9-24(33(39)40)18-29(31)37/h3,7,9-10,12-13,17-18,22,25,27,30,32,38H,4-6,8,11,14-16,19-21H2,1-2H3,(H,39,40)(H2,36,41,42)/b7-3+/t22-,25-,27+,30-,32+,34-/m0/s1. The van der Waals surface area contributed by atoms with Crippen LogP contribution < -0.4 is 14.8 Å². The molecule has 246 valence electrons.